The smallest absolute Gasteiger partial charge is 0.194 e. The summed E-state index contributed by atoms with van der Waals surface area (Å²) < 4.78 is 0.990. The lowest BCUT2D eigenvalue weighted by Crippen LogP contribution is -1.81. The van der Waals surface area contributed by atoms with Gasteiger partial charge < -0.3 is 0 Å². The van der Waals surface area contributed by atoms with Crippen LogP contribution in [-0.4, -0.2) is 0 Å². The summed E-state index contributed by atoms with van der Waals surface area (Å²) in [5, 5.41) is 0.849. The van der Waals surface area contributed by atoms with Crippen molar-refractivity contribution in [2.75, 3.05) is 0 Å². The van der Waals surface area contributed by atoms with E-state index in [-0.39, 0.29) is 0 Å². The first kappa shape index (κ1) is 12.3. The van der Waals surface area contributed by atoms with E-state index in [1.54, 1.807) is 0 Å². The Hall–Kier alpha value is -1.11. The van der Waals surface area contributed by atoms with Crippen molar-refractivity contribution >= 4 is 37.5 Å². The number of hydrogen-bond donors (Lipinski definition) is 0. The number of benzene rings is 2. The molecule has 0 amide bonds. The highest BCUT2D eigenvalue weighted by Crippen LogP contribution is 2.33. The maximum atomic E-state index is 7.18. The summed E-state index contributed by atoms with van der Waals surface area (Å²) in [4.78, 5) is 3.55. The Labute approximate surface area is 118 Å². The van der Waals surface area contributed by atoms with Crippen molar-refractivity contribution in [1.29, 1.82) is 0 Å². The normalized spacial score (nSPS) is 9.94. The third-order valence-corrected chi connectivity index (χ3v) is 3.64. The van der Waals surface area contributed by atoms with Crippen LogP contribution in [-0.2, 0) is 5.33 Å². The SMILES string of the molecule is [C-]#[N+]c1ccc(Br)cc1-c1ccc(CBr)cc1. The molecule has 0 radical (unpaired) electrons. The third kappa shape index (κ3) is 2.77. The molecule has 0 aliphatic rings. The summed E-state index contributed by atoms with van der Waals surface area (Å²) in [5.41, 5.74) is 3.95. The molecule has 1 nitrogen and oxygen atoms in total. The minimum absolute atomic E-state index is 0.680. The predicted molar refractivity (Wildman–Crippen MR) is 78.5 cm³/mol. The van der Waals surface area contributed by atoms with E-state index in [0.29, 0.717) is 5.69 Å². The maximum absolute atomic E-state index is 7.18. The molecule has 0 aliphatic heterocycles. The van der Waals surface area contributed by atoms with Crippen LogP contribution in [0.15, 0.2) is 46.9 Å². The zero-order chi connectivity index (χ0) is 12.3. The van der Waals surface area contributed by atoms with Crippen LogP contribution in [0.3, 0.4) is 0 Å². The fourth-order valence-electron chi connectivity index (χ4n) is 1.61. The first-order chi connectivity index (χ1) is 8.24. The van der Waals surface area contributed by atoms with Gasteiger partial charge in [-0.25, -0.2) is 4.85 Å². The van der Waals surface area contributed by atoms with Gasteiger partial charge in [-0.2, -0.15) is 0 Å². The molecule has 2 aromatic carbocycles. The van der Waals surface area contributed by atoms with Gasteiger partial charge in [-0.15, -0.1) is 0 Å². The lowest BCUT2D eigenvalue weighted by Gasteiger charge is -2.06. The maximum Gasteiger partial charge on any atom is 0.194 e. The Morgan fingerprint density at radius 2 is 1.76 bits per heavy atom. The van der Waals surface area contributed by atoms with Crippen LogP contribution in [0.2, 0.25) is 0 Å². The first-order valence-electron chi connectivity index (χ1n) is 5.07. The van der Waals surface area contributed by atoms with Gasteiger partial charge in [-0.3, -0.25) is 0 Å². The molecule has 0 saturated heterocycles. The van der Waals surface area contributed by atoms with E-state index < -0.39 is 0 Å². The van der Waals surface area contributed by atoms with Gasteiger partial charge in [0.25, 0.3) is 0 Å². The summed E-state index contributed by atoms with van der Waals surface area (Å²) in [6.45, 7) is 7.18. The van der Waals surface area contributed by atoms with E-state index in [1.165, 1.54) is 5.56 Å². The van der Waals surface area contributed by atoms with E-state index in [4.69, 9.17) is 6.57 Å². The summed E-state index contributed by atoms with van der Waals surface area (Å²) in [5.74, 6) is 0. The molecule has 0 unspecified atom stereocenters. The van der Waals surface area contributed by atoms with E-state index in [1.807, 2.05) is 30.3 Å². The zero-order valence-corrected chi connectivity index (χ0v) is 12.1. The second kappa shape index (κ2) is 5.48. The summed E-state index contributed by atoms with van der Waals surface area (Å²) in [6.07, 6.45) is 0. The van der Waals surface area contributed by atoms with Crippen molar-refractivity contribution in [2.45, 2.75) is 5.33 Å². The molecule has 3 heteroatoms. The van der Waals surface area contributed by atoms with Crippen LogP contribution in [0.1, 0.15) is 5.56 Å². The van der Waals surface area contributed by atoms with Crippen LogP contribution >= 0.6 is 31.9 Å². The van der Waals surface area contributed by atoms with Crippen molar-refractivity contribution in [2.24, 2.45) is 0 Å². The van der Waals surface area contributed by atoms with Gasteiger partial charge in [0, 0.05) is 9.80 Å². The monoisotopic (exact) mass is 349 g/mol. The van der Waals surface area contributed by atoms with E-state index in [0.717, 1.165) is 20.9 Å². The fraction of sp³-hybridized carbons (Fsp3) is 0.0714. The van der Waals surface area contributed by atoms with E-state index >= 15 is 0 Å². The van der Waals surface area contributed by atoms with E-state index in [2.05, 4.69) is 48.8 Å². The molecular formula is C14H9Br2N. The van der Waals surface area contributed by atoms with Crippen LogP contribution in [0, 0.1) is 6.57 Å². The Bertz CT molecular complexity index is 568. The minimum atomic E-state index is 0.680. The minimum Gasteiger partial charge on any atom is -0.238 e. The highest BCUT2D eigenvalue weighted by Gasteiger charge is 2.05. The Morgan fingerprint density at radius 1 is 1.06 bits per heavy atom. The second-order valence-electron chi connectivity index (χ2n) is 3.60. The first-order valence-corrected chi connectivity index (χ1v) is 6.98. The Kier molecular flexibility index (Phi) is 3.98. The predicted octanol–water partition coefficient (Wildman–Crippen LogP) is 5.56. The number of rotatable bonds is 2. The summed E-state index contributed by atoms with van der Waals surface area (Å²) >= 11 is 6.86. The molecule has 2 rings (SSSR count). The molecule has 17 heavy (non-hydrogen) atoms. The fourth-order valence-corrected chi connectivity index (χ4v) is 2.35. The molecule has 0 heterocycles. The molecule has 0 atom stereocenters. The van der Waals surface area contributed by atoms with Gasteiger partial charge in [0.05, 0.1) is 6.57 Å². The largest absolute Gasteiger partial charge is 0.238 e. The van der Waals surface area contributed by atoms with Crippen molar-refractivity contribution in [3.63, 3.8) is 0 Å². The third-order valence-electron chi connectivity index (χ3n) is 2.50. The van der Waals surface area contributed by atoms with Crippen LogP contribution in [0.25, 0.3) is 16.0 Å². The van der Waals surface area contributed by atoms with Crippen molar-refractivity contribution in [1.82, 2.24) is 0 Å². The number of halogens is 2. The van der Waals surface area contributed by atoms with Crippen molar-refractivity contribution in [3.8, 4) is 11.1 Å². The molecule has 0 N–H and O–H groups in total. The van der Waals surface area contributed by atoms with Gasteiger partial charge in [0.2, 0.25) is 0 Å². The van der Waals surface area contributed by atoms with Crippen molar-refractivity contribution < 1.29 is 0 Å². The Balaban J connectivity index is 2.52. The standard InChI is InChI=1S/C14H9Br2N/c1-17-14-7-6-12(16)8-13(14)11-4-2-10(9-15)3-5-11/h2-8H,9H2. The lowest BCUT2D eigenvalue weighted by molar-refractivity contribution is 1.43. The van der Waals surface area contributed by atoms with Crippen LogP contribution in [0.5, 0.6) is 0 Å². The summed E-state index contributed by atoms with van der Waals surface area (Å²) in [6, 6.07) is 13.9. The van der Waals surface area contributed by atoms with Crippen LogP contribution in [0.4, 0.5) is 5.69 Å². The lowest BCUT2D eigenvalue weighted by atomic mass is 10.0. The van der Waals surface area contributed by atoms with Gasteiger partial charge in [-0.1, -0.05) is 74.3 Å². The molecule has 84 valence electrons. The molecule has 0 bridgehead atoms. The average molecular weight is 351 g/mol. The number of nitrogens with zero attached hydrogens (tertiary/aromatic N) is 1. The molecule has 0 saturated carbocycles. The highest BCUT2D eigenvalue weighted by atomic mass is 79.9. The van der Waals surface area contributed by atoms with Gasteiger partial charge >= 0.3 is 0 Å². The summed E-state index contributed by atoms with van der Waals surface area (Å²) in [7, 11) is 0. The zero-order valence-electron chi connectivity index (χ0n) is 8.95. The average Bonchev–Trinajstić information content (AvgIpc) is 2.39. The van der Waals surface area contributed by atoms with Gasteiger partial charge in [-0.05, 0) is 16.7 Å². The van der Waals surface area contributed by atoms with Gasteiger partial charge in [0.15, 0.2) is 5.69 Å². The number of alkyl halides is 1. The molecule has 2 aromatic rings. The van der Waals surface area contributed by atoms with E-state index in [9.17, 15) is 0 Å². The molecule has 0 aliphatic carbocycles. The van der Waals surface area contributed by atoms with Crippen LogP contribution < -0.4 is 0 Å². The molecule has 0 aromatic heterocycles. The quantitative estimate of drug-likeness (QED) is 0.493. The topological polar surface area (TPSA) is 4.36 Å². The Morgan fingerprint density at radius 3 is 2.35 bits per heavy atom. The molecular weight excluding hydrogens is 342 g/mol. The number of hydrogen-bond acceptors (Lipinski definition) is 0. The van der Waals surface area contributed by atoms with Gasteiger partial charge in [0.1, 0.15) is 0 Å². The highest BCUT2D eigenvalue weighted by molar-refractivity contribution is 9.10. The molecule has 0 fully saturated rings. The van der Waals surface area contributed by atoms with Crippen molar-refractivity contribution in [3.05, 3.63) is 63.9 Å². The molecule has 0 spiro atoms. The second-order valence-corrected chi connectivity index (χ2v) is 5.08.